The molecule has 0 bridgehead atoms. The molecule has 0 radical (unpaired) electrons. The third-order valence-electron chi connectivity index (χ3n) is 4.18. The van der Waals surface area contributed by atoms with Crippen LogP contribution in [0.25, 0.3) is 0 Å². The Labute approximate surface area is 118 Å². The average Bonchev–Trinajstić information content (AvgIpc) is 2.54. The van der Waals surface area contributed by atoms with E-state index in [1.54, 1.807) is 18.2 Å². The zero-order chi connectivity index (χ0) is 14.8. The monoisotopic (exact) mass is 260 g/mol. The van der Waals surface area contributed by atoms with E-state index in [1.165, 1.54) is 0 Å². The van der Waals surface area contributed by atoms with Gasteiger partial charge in [0.05, 0.1) is 24.3 Å². The lowest BCUT2D eigenvalue weighted by Crippen LogP contribution is -2.62. The van der Waals surface area contributed by atoms with Crippen molar-refractivity contribution in [2.75, 3.05) is 0 Å². The van der Waals surface area contributed by atoms with Gasteiger partial charge in [-0.3, -0.25) is 0 Å². The molecule has 4 heteroatoms. The molecule has 2 rings (SSSR count). The first-order valence-electron chi connectivity index (χ1n) is 6.30. The molecule has 1 saturated carbocycles. The van der Waals surface area contributed by atoms with E-state index in [2.05, 4.69) is 0 Å². The summed E-state index contributed by atoms with van der Waals surface area (Å²) in [5.41, 5.74) is -3.21. The lowest BCUT2D eigenvalue weighted by molar-refractivity contribution is 0.00673. The molecule has 2 aliphatic rings. The van der Waals surface area contributed by atoms with E-state index < -0.39 is 22.7 Å². The molecular weight excluding hydrogens is 248 g/mol. The first-order chi connectivity index (χ1) is 9.61. The fraction of sp³-hybridized carbons (Fsp3) is 0.375. The molecule has 0 N–H and O–H groups in total. The Balaban J connectivity index is 2.63. The maximum absolute atomic E-state index is 9.42. The van der Waals surface area contributed by atoms with Crippen molar-refractivity contribution in [2.45, 2.75) is 6.92 Å². The van der Waals surface area contributed by atoms with E-state index in [9.17, 15) is 21.0 Å². The van der Waals surface area contributed by atoms with Gasteiger partial charge in [-0.2, -0.15) is 21.0 Å². The summed E-state index contributed by atoms with van der Waals surface area (Å²) in [7, 11) is 0. The van der Waals surface area contributed by atoms with Gasteiger partial charge in [-0.25, -0.2) is 0 Å². The van der Waals surface area contributed by atoms with Gasteiger partial charge < -0.3 is 0 Å². The van der Waals surface area contributed by atoms with Crippen LogP contribution in [0.4, 0.5) is 0 Å². The van der Waals surface area contributed by atoms with E-state index >= 15 is 0 Å². The molecule has 96 valence electrons. The zero-order valence-electron chi connectivity index (χ0n) is 11.0. The Morgan fingerprint density at radius 2 is 1.15 bits per heavy atom. The Kier molecular flexibility index (Phi) is 3.19. The second kappa shape index (κ2) is 4.70. The predicted molar refractivity (Wildman–Crippen MR) is 70.9 cm³/mol. The molecule has 3 atom stereocenters. The van der Waals surface area contributed by atoms with Crippen LogP contribution >= 0.6 is 0 Å². The van der Waals surface area contributed by atoms with Crippen LogP contribution in [-0.4, -0.2) is 0 Å². The smallest absolute Gasteiger partial charge is 0.182 e. The quantitative estimate of drug-likeness (QED) is 0.625. The molecule has 0 spiro atoms. The number of fused-ring (bicyclic) bond motifs is 1. The highest BCUT2D eigenvalue weighted by atomic mass is 14.7. The van der Waals surface area contributed by atoms with Crippen molar-refractivity contribution >= 4 is 0 Å². The van der Waals surface area contributed by atoms with Crippen LogP contribution < -0.4 is 0 Å². The van der Waals surface area contributed by atoms with Gasteiger partial charge in [0.2, 0.25) is 0 Å². The van der Waals surface area contributed by atoms with Crippen LogP contribution in [0.15, 0.2) is 36.5 Å². The van der Waals surface area contributed by atoms with E-state index in [0.29, 0.717) is 0 Å². The molecule has 0 aromatic carbocycles. The van der Waals surface area contributed by atoms with Gasteiger partial charge in [-0.15, -0.1) is 0 Å². The minimum Gasteiger partial charge on any atom is -0.196 e. The molecule has 0 saturated heterocycles. The van der Waals surface area contributed by atoms with Crippen LogP contribution in [0.2, 0.25) is 0 Å². The van der Waals surface area contributed by atoms with Gasteiger partial charge >= 0.3 is 0 Å². The van der Waals surface area contributed by atoms with Crippen molar-refractivity contribution < 1.29 is 0 Å². The van der Waals surface area contributed by atoms with Gasteiger partial charge in [-0.1, -0.05) is 43.4 Å². The summed E-state index contributed by atoms with van der Waals surface area (Å²) in [4.78, 5) is 0. The van der Waals surface area contributed by atoms with E-state index in [1.807, 2.05) is 49.4 Å². The molecule has 0 aromatic heterocycles. The standard InChI is InChI=1S/C16H12N4/c1-12-4-2-3-5-13-14(7-6-12)16(10-19,11-20)15(13,8-17)9-18/h2-7,12-14H,1H3/b4-2-,5-3-,7-6?/t12-,13-,14-/m0/s1. The maximum atomic E-state index is 9.42. The van der Waals surface area contributed by atoms with E-state index in [-0.39, 0.29) is 5.92 Å². The van der Waals surface area contributed by atoms with E-state index in [0.717, 1.165) is 0 Å². The normalized spacial score (nSPS) is 35.0. The SMILES string of the molecule is C[C@@H]1C=C[C@H]2[C@H](/C=C\C=C/1)C(C#N)(C#N)C2(C#N)C#N. The molecule has 2 aliphatic carbocycles. The lowest BCUT2D eigenvalue weighted by atomic mass is 9.39. The van der Waals surface area contributed by atoms with Crippen molar-refractivity contribution in [3.63, 3.8) is 0 Å². The molecule has 0 amide bonds. The zero-order valence-corrected chi connectivity index (χ0v) is 11.0. The number of allylic oxidation sites excluding steroid dienone is 6. The highest BCUT2D eigenvalue weighted by Gasteiger charge is 2.74. The first kappa shape index (κ1) is 13.6. The van der Waals surface area contributed by atoms with E-state index in [4.69, 9.17) is 0 Å². The van der Waals surface area contributed by atoms with Gasteiger partial charge in [0.1, 0.15) is 0 Å². The minimum absolute atomic E-state index is 0.174. The van der Waals surface area contributed by atoms with Gasteiger partial charge in [-0.05, 0) is 5.92 Å². The van der Waals surface area contributed by atoms with Crippen LogP contribution in [0.5, 0.6) is 0 Å². The highest BCUT2D eigenvalue weighted by molar-refractivity contribution is 5.49. The molecular formula is C16H12N4. The third-order valence-corrected chi connectivity index (χ3v) is 4.18. The highest BCUT2D eigenvalue weighted by Crippen LogP contribution is 2.65. The molecule has 0 heterocycles. The van der Waals surface area contributed by atoms with Crippen LogP contribution in [0.3, 0.4) is 0 Å². The van der Waals surface area contributed by atoms with Crippen molar-refractivity contribution in [2.24, 2.45) is 28.6 Å². The number of nitriles is 4. The Bertz CT molecular complexity index is 641. The summed E-state index contributed by atoms with van der Waals surface area (Å²) in [5.74, 6) is -0.703. The summed E-state index contributed by atoms with van der Waals surface area (Å²) in [6.45, 7) is 1.99. The molecule has 20 heavy (non-hydrogen) atoms. The Hall–Kier alpha value is -2.82. The second-order valence-electron chi connectivity index (χ2n) is 5.13. The van der Waals surface area contributed by atoms with Crippen molar-refractivity contribution in [1.29, 1.82) is 21.0 Å². The molecule has 4 nitrogen and oxygen atoms in total. The molecule has 0 aliphatic heterocycles. The van der Waals surface area contributed by atoms with Crippen molar-refractivity contribution in [3.8, 4) is 24.3 Å². The summed E-state index contributed by atoms with van der Waals surface area (Å²) >= 11 is 0. The topological polar surface area (TPSA) is 95.2 Å². The fourth-order valence-corrected chi connectivity index (χ4v) is 2.98. The van der Waals surface area contributed by atoms with Crippen LogP contribution in [0.1, 0.15) is 6.92 Å². The lowest BCUT2D eigenvalue weighted by Gasteiger charge is -2.53. The predicted octanol–water partition coefficient (Wildman–Crippen LogP) is 2.62. The molecule has 0 unspecified atom stereocenters. The summed E-state index contributed by atoms with van der Waals surface area (Å²) in [5, 5.41) is 37.7. The van der Waals surface area contributed by atoms with Crippen molar-refractivity contribution in [3.05, 3.63) is 36.5 Å². The average molecular weight is 260 g/mol. The minimum atomic E-state index is -1.61. The fourth-order valence-electron chi connectivity index (χ4n) is 2.98. The molecule has 0 aromatic rings. The van der Waals surface area contributed by atoms with Gasteiger partial charge in [0, 0.05) is 11.8 Å². The third kappa shape index (κ3) is 1.43. The number of hydrogen-bond donors (Lipinski definition) is 0. The van der Waals surface area contributed by atoms with Gasteiger partial charge in [0.15, 0.2) is 10.8 Å². The Morgan fingerprint density at radius 1 is 0.700 bits per heavy atom. The summed E-state index contributed by atoms with van der Waals surface area (Å²) < 4.78 is 0. The molecule has 1 fully saturated rings. The second-order valence-corrected chi connectivity index (χ2v) is 5.13. The van der Waals surface area contributed by atoms with Gasteiger partial charge in [0.25, 0.3) is 0 Å². The number of hydrogen-bond acceptors (Lipinski definition) is 4. The summed E-state index contributed by atoms with van der Waals surface area (Å²) in [6.07, 6.45) is 11.1. The number of nitrogens with zero attached hydrogens (tertiary/aromatic N) is 4. The van der Waals surface area contributed by atoms with Crippen LogP contribution in [-0.2, 0) is 0 Å². The first-order valence-corrected chi connectivity index (χ1v) is 6.30. The summed E-state index contributed by atoms with van der Waals surface area (Å²) in [6, 6.07) is 7.70. The van der Waals surface area contributed by atoms with Crippen molar-refractivity contribution in [1.82, 2.24) is 0 Å². The largest absolute Gasteiger partial charge is 0.196 e. The Morgan fingerprint density at radius 3 is 1.65 bits per heavy atom. The maximum Gasteiger partial charge on any atom is 0.182 e. The number of rotatable bonds is 0. The van der Waals surface area contributed by atoms with Crippen LogP contribution in [0, 0.1) is 73.9 Å².